The number of carboxylic acid groups (broad SMARTS) is 1. The van der Waals surface area contributed by atoms with Gasteiger partial charge >= 0.3 is 5.97 Å². The van der Waals surface area contributed by atoms with Crippen molar-refractivity contribution < 1.29 is 18.3 Å². The minimum atomic E-state index is -3.73. The number of hydrogen-bond donors (Lipinski definition) is 2. The molecular weight excluding hydrogens is 366 g/mol. The molecule has 27 heavy (non-hydrogen) atoms. The summed E-state index contributed by atoms with van der Waals surface area (Å²) in [6, 6.07) is 11.3. The quantitative estimate of drug-likeness (QED) is 0.755. The third-order valence-electron chi connectivity index (χ3n) is 4.90. The zero-order valence-corrected chi connectivity index (χ0v) is 16.2. The lowest BCUT2D eigenvalue weighted by Gasteiger charge is -2.32. The summed E-state index contributed by atoms with van der Waals surface area (Å²) in [6.07, 6.45) is 2.84. The van der Waals surface area contributed by atoms with E-state index in [0.717, 1.165) is 32.5 Å². The molecule has 1 aromatic heterocycles. The largest absolute Gasteiger partial charge is 0.477 e. The second-order valence-corrected chi connectivity index (χ2v) is 8.52. The number of nitrogens with zero attached hydrogens (tertiary/aromatic N) is 2. The van der Waals surface area contributed by atoms with Crippen LogP contribution in [0.3, 0.4) is 0 Å². The highest BCUT2D eigenvalue weighted by atomic mass is 32.2. The molecule has 7 nitrogen and oxygen atoms in total. The minimum Gasteiger partial charge on any atom is -0.477 e. The second-order valence-electron chi connectivity index (χ2n) is 6.81. The number of carboxylic acids is 1. The molecule has 1 saturated heterocycles. The second kappa shape index (κ2) is 8.24. The number of carbonyl (C=O) groups is 1. The first kappa shape index (κ1) is 19.6. The molecule has 0 unspecified atom stereocenters. The summed E-state index contributed by atoms with van der Waals surface area (Å²) < 4.78 is 29.5. The van der Waals surface area contributed by atoms with E-state index in [0.29, 0.717) is 6.54 Å². The van der Waals surface area contributed by atoms with Gasteiger partial charge in [-0.3, -0.25) is 4.90 Å². The SMILES string of the molecule is CCn1cc(S(=O)(=O)NC2CCN(Cc3ccccc3)CC2)cc1C(=O)O. The van der Waals surface area contributed by atoms with Crippen LogP contribution in [0.2, 0.25) is 0 Å². The Kier molecular flexibility index (Phi) is 5.98. The van der Waals surface area contributed by atoms with Crippen molar-refractivity contribution in [1.82, 2.24) is 14.2 Å². The Labute approximate surface area is 159 Å². The highest BCUT2D eigenvalue weighted by molar-refractivity contribution is 7.89. The number of piperidine rings is 1. The lowest BCUT2D eigenvalue weighted by Crippen LogP contribution is -2.44. The van der Waals surface area contributed by atoms with Gasteiger partial charge in [0.05, 0.1) is 0 Å². The van der Waals surface area contributed by atoms with Crippen molar-refractivity contribution in [2.45, 2.75) is 43.8 Å². The zero-order chi connectivity index (χ0) is 19.4. The predicted molar refractivity (Wildman–Crippen MR) is 102 cm³/mol. The van der Waals surface area contributed by atoms with Crippen LogP contribution in [0.1, 0.15) is 35.8 Å². The Hall–Kier alpha value is -2.16. The molecule has 1 aliphatic rings. The molecule has 0 aliphatic carbocycles. The van der Waals surface area contributed by atoms with E-state index in [1.54, 1.807) is 6.92 Å². The van der Waals surface area contributed by atoms with Crippen LogP contribution in [0.15, 0.2) is 47.5 Å². The molecule has 0 spiro atoms. The van der Waals surface area contributed by atoms with Crippen molar-refractivity contribution in [3.63, 3.8) is 0 Å². The van der Waals surface area contributed by atoms with E-state index in [-0.39, 0.29) is 16.6 Å². The monoisotopic (exact) mass is 391 g/mol. The van der Waals surface area contributed by atoms with Crippen LogP contribution >= 0.6 is 0 Å². The maximum absolute atomic E-state index is 12.6. The smallest absolute Gasteiger partial charge is 0.352 e. The van der Waals surface area contributed by atoms with Gasteiger partial charge in [-0.25, -0.2) is 17.9 Å². The molecule has 0 amide bonds. The van der Waals surface area contributed by atoms with Gasteiger partial charge in [0.25, 0.3) is 0 Å². The van der Waals surface area contributed by atoms with Crippen LogP contribution < -0.4 is 4.72 Å². The van der Waals surface area contributed by atoms with Gasteiger partial charge in [-0.15, -0.1) is 0 Å². The number of benzene rings is 1. The highest BCUT2D eigenvalue weighted by Crippen LogP contribution is 2.19. The van der Waals surface area contributed by atoms with Crippen molar-refractivity contribution in [2.75, 3.05) is 13.1 Å². The fraction of sp³-hybridized carbons (Fsp3) is 0.421. The van der Waals surface area contributed by atoms with E-state index in [2.05, 4.69) is 21.8 Å². The fourth-order valence-electron chi connectivity index (χ4n) is 3.41. The van der Waals surface area contributed by atoms with E-state index in [4.69, 9.17) is 0 Å². The molecular formula is C19H25N3O4S. The maximum atomic E-state index is 12.6. The summed E-state index contributed by atoms with van der Waals surface area (Å²) in [5.41, 5.74) is 1.23. The lowest BCUT2D eigenvalue weighted by molar-refractivity contribution is 0.0685. The molecule has 8 heteroatoms. The van der Waals surface area contributed by atoms with Gasteiger partial charge in [0.2, 0.25) is 10.0 Å². The third kappa shape index (κ3) is 4.77. The number of aryl methyl sites for hydroxylation is 1. The van der Waals surface area contributed by atoms with Crippen LogP contribution in [-0.2, 0) is 23.1 Å². The zero-order valence-electron chi connectivity index (χ0n) is 15.3. The topological polar surface area (TPSA) is 91.6 Å². The van der Waals surface area contributed by atoms with Gasteiger partial charge < -0.3 is 9.67 Å². The predicted octanol–water partition coefficient (Wildman–Crippen LogP) is 2.15. The lowest BCUT2D eigenvalue weighted by atomic mass is 10.1. The van der Waals surface area contributed by atoms with Gasteiger partial charge in [0.15, 0.2) is 0 Å². The molecule has 2 N–H and O–H groups in total. The number of nitrogens with one attached hydrogen (secondary N) is 1. The normalized spacial score (nSPS) is 16.5. The molecule has 1 fully saturated rings. The average molecular weight is 391 g/mol. The number of aromatic nitrogens is 1. The Morgan fingerprint density at radius 3 is 2.44 bits per heavy atom. The summed E-state index contributed by atoms with van der Waals surface area (Å²) in [7, 11) is -3.73. The number of rotatable bonds is 7. The van der Waals surface area contributed by atoms with E-state index in [1.807, 2.05) is 18.2 Å². The van der Waals surface area contributed by atoms with Crippen molar-refractivity contribution in [3.8, 4) is 0 Å². The highest BCUT2D eigenvalue weighted by Gasteiger charge is 2.26. The van der Waals surface area contributed by atoms with Crippen LogP contribution in [0.25, 0.3) is 0 Å². The summed E-state index contributed by atoms with van der Waals surface area (Å²) in [5.74, 6) is -1.13. The third-order valence-corrected chi connectivity index (χ3v) is 6.39. The molecule has 0 radical (unpaired) electrons. The molecule has 2 aromatic rings. The summed E-state index contributed by atoms with van der Waals surface area (Å²) in [6.45, 7) is 4.67. The van der Waals surface area contributed by atoms with E-state index in [9.17, 15) is 18.3 Å². The molecule has 0 bridgehead atoms. The molecule has 2 heterocycles. The van der Waals surface area contributed by atoms with E-state index in [1.165, 1.54) is 22.4 Å². The Bertz CT molecular complexity index is 885. The Morgan fingerprint density at radius 2 is 1.89 bits per heavy atom. The molecule has 146 valence electrons. The van der Waals surface area contributed by atoms with Crippen LogP contribution in [0.5, 0.6) is 0 Å². The molecule has 0 atom stereocenters. The Balaban J connectivity index is 1.60. The first-order valence-electron chi connectivity index (χ1n) is 9.11. The van der Waals surface area contributed by atoms with Crippen molar-refractivity contribution >= 4 is 16.0 Å². The maximum Gasteiger partial charge on any atom is 0.352 e. The number of sulfonamides is 1. The van der Waals surface area contributed by atoms with Crippen molar-refractivity contribution in [2.24, 2.45) is 0 Å². The van der Waals surface area contributed by atoms with Crippen LogP contribution in [0.4, 0.5) is 0 Å². The fourth-order valence-corrected chi connectivity index (χ4v) is 4.75. The minimum absolute atomic E-state index is 0.00784. The summed E-state index contributed by atoms with van der Waals surface area (Å²) in [5, 5.41) is 9.21. The Morgan fingerprint density at radius 1 is 1.22 bits per heavy atom. The first-order chi connectivity index (χ1) is 12.9. The van der Waals surface area contributed by atoms with Crippen LogP contribution in [-0.4, -0.2) is 48.1 Å². The van der Waals surface area contributed by atoms with Gasteiger partial charge in [0.1, 0.15) is 10.6 Å². The van der Waals surface area contributed by atoms with Crippen molar-refractivity contribution in [1.29, 1.82) is 0 Å². The molecule has 0 saturated carbocycles. The average Bonchev–Trinajstić information content (AvgIpc) is 3.10. The van der Waals surface area contributed by atoms with Crippen molar-refractivity contribution in [3.05, 3.63) is 53.9 Å². The standard InChI is InChI=1S/C19H25N3O4S/c1-2-22-14-17(12-18(22)19(23)24)27(25,26)20-16-8-10-21(11-9-16)13-15-6-4-3-5-7-15/h3-7,12,14,16,20H,2,8-11,13H2,1H3,(H,23,24). The molecule has 1 aliphatic heterocycles. The number of aromatic carboxylic acids is 1. The van der Waals surface area contributed by atoms with Gasteiger partial charge in [-0.1, -0.05) is 30.3 Å². The van der Waals surface area contributed by atoms with E-state index >= 15 is 0 Å². The van der Waals surface area contributed by atoms with Gasteiger partial charge in [-0.2, -0.15) is 0 Å². The molecule has 3 rings (SSSR count). The van der Waals surface area contributed by atoms with Crippen LogP contribution in [0, 0.1) is 0 Å². The van der Waals surface area contributed by atoms with Gasteiger partial charge in [-0.05, 0) is 31.4 Å². The number of likely N-dealkylation sites (tertiary alicyclic amines) is 1. The summed E-state index contributed by atoms with van der Waals surface area (Å²) in [4.78, 5) is 13.6. The van der Waals surface area contributed by atoms with Gasteiger partial charge in [0, 0.05) is 38.4 Å². The molecule has 1 aromatic carbocycles. The van der Waals surface area contributed by atoms with E-state index < -0.39 is 16.0 Å². The summed E-state index contributed by atoms with van der Waals surface area (Å²) >= 11 is 0. The number of hydrogen-bond acceptors (Lipinski definition) is 4. The first-order valence-corrected chi connectivity index (χ1v) is 10.6.